The Labute approximate surface area is 151 Å². The molecule has 3 rings (SSSR count). The summed E-state index contributed by atoms with van der Waals surface area (Å²) in [6.45, 7) is 4.81. The average Bonchev–Trinajstić information content (AvgIpc) is 2.96. The van der Waals surface area contributed by atoms with Crippen molar-refractivity contribution in [3.63, 3.8) is 0 Å². The molecule has 1 aromatic heterocycles. The molecule has 1 aliphatic rings. The molecule has 1 aromatic carbocycles. The van der Waals surface area contributed by atoms with Crippen molar-refractivity contribution >= 4 is 0 Å². The highest BCUT2D eigenvalue weighted by atomic mass is 16.3. The molecular weight excluding hydrogens is 310 g/mol. The van der Waals surface area contributed by atoms with Crippen LogP contribution in [0, 0.1) is 12.8 Å². The van der Waals surface area contributed by atoms with E-state index in [9.17, 15) is 5.11 Å². The molecule has 0 radical (unpaired) electrons. The number of benzene rings is 1. The largest absolute Gasteiger partial charge is 0.387 e. The van der Waals surface area contributed by atoms with Gasteiger partial charge in [0, 0.05) is 31.5 Å². The van der Waals surface area contributed by atoms with Crippen LogP contribution >= 0.6 is 0 Å². The molecule has 0 bridgehead atoms. The molecule has 0 amide bonds. The fraction of sp³-hybridized carbons (Fsp3) is 0.476. The normalized spacial score (nSPS) is 22.4. The molecule has 3 atom stereocenters. The average molecular weight is 339 g/mol. The van der Waals surface area contributed by atoms with Gasteiger partial charge in [-0.3, -0.25) is 9.88 Å². The van der Waals surface area contributed by atoms with Crippen LogP contribution in [0.1, 0.15) is 35.3 Å². The van der Waals surface area contributed by atoms with Crippen LogP contribution in [0.3, 0.4) is 0 Å². The van der Waals surface area contributed by atoms with Gasteiger partial charge in [0.05, 0.1) is 6.10 Å². The van der Waals surface area contributed by atoms with E-state index in [0.29, 0.717) is 18.5 Å². The first-order valence-corrected chi connectivity index (χ1v) is 9.08. The summed E-state index contributed by atoms with van der Waals surface area (Å²) >= 11 is 0. The molecule has 1 aliphatic heterocycles. The summed E-state index contributed by atoms with van der Waals surface area (Å²) in [6.07, 6.45) is 4.56. The zero-order valence-corrected chi connectivity index (χ0v) is 15.5. The number of nitrogens with zero attached hydrogens (tertiary/aromatic N) is 3. The lowest BCUT2D eigenvalue weighted by Crippen LogP contribution is -2.32. The maximum absolute atomic E-state index is 10.5. The van der Waals surface area contributed by atoms with Crippen molar-refractivity contribution in [1.82, 2.24) is 14.8 Å². The van der Waals surface area contributed by atoms with E-state index >= 15 is 0 Å². The molecule has 25 heavy (non-hydrogen) atoms. The van der Waals surface area contributed by atoms with Gasteiger partial charge in [-0.05, 0) is 57.1 Å². The molecule has 4 heteroatoms. The lowest BCUT2D eigenvalue weighted by Gasteiger charge is -2.29. The molecule has 0 spiro atoms. The summed E-state index contributed by atoms with van der Waals surface area (Å²) in [5.74, 6) is 0.560. The number of likely N-dealkylation sites (tertiary alicyclic amines) is 1. The number of aliphatic hydroxyl groups excluding tert-OH is 1. The monoisotopic (exact) mass is 339 g/mol. The van der Waals surface area contributed by atoms with Crippen LogP contribution in [0.5, 0.6) is 0 Å². The third kappa shape index (κ3) is 4.46. The highest BCUT2D eigenvalue weighted by molar-refractivity contribution is 5.23. The molecule has 1 saturated heterocycles. The van der Waals surface area contributed by atoms with Crippen molar-refractivity contribution in [2.45, 2.75) is 25.5 Å². The smallest absolute Gasteiger partial charge is 0.0916 e. The number of likely N-dealkylation sites (N-methyl/N-ethyl adjacent to an activating group) is 1. The SMILES string of the molecule is Cc1ccc(C(O)CN(C)C[C@@H]2CCN(C)[C@H]2c2cccnc2)cc1. The second-order valence-electron chi connectivity index (χ2n) is 7.41. The lowest BCUT2D eigenvalue weighted by atomic mass is 9.94. The first-order chi connectivity index (χ1) is 12.0. The Morgan fingerprint density at radius 2 is 2.04 bits per heavy atom. The first-order valence-electron chi connectivity index (χ1n) is 9.08. The molecule has 2 aromatic rings. The first kappa shape index (κ1) is 18.1. The number of aromatic nitrogens is 1. The van der Waals surface area contributed by atoms with Gasteiger partial charge in [-0.25, -0.2) is 0 Å². The van der Waals surface area contributed by atoms with Gasteiger partial charge < -0.3 is 10.0 Å². The van der Waals surface area contributed by atoms with Gasteiger partial charge in [0.25, 0.3) is 0 Å². The number of rotatable bonds is 6. The Kier molecular flexibility index (Phi) is 5.84. The summed E-state index contributed by atoms with van der Waals surface area (Å²) in [5.41, 5.74) is 3.50. The summed E-state index contributed by atoms with van der Waals surface area (Å²) in [7, 11) is 4.30. The van der Waals surface area contributed by atoms with Crippen molar-refractivity contribution in [3.8, 4) is 0 Å². The second kappa shape index (κ2) is 8.09. The molecular formula is C21H29N3O. The molecule has 2 heterocycles. The van der Waals surface area contributed by atoms with Crippen LogP contribution < -0.4 is 0 Å². The van der Waals surface area contributed by atoms with Crippen LogP contribution in [0.4, 0.5) is 0 Å². The van der Waals surface area contributed by atoms with Crippen molar-refractivity contribution in [3.05, 3.63) is 65.5 Å². The third-order valence-corrected chi connectivity index (χ3v) is 5.29. The Morgan fingerprint density at radius 1 is 1.28 bits per heavy atom. The van der Waals surface area contributed by atoms with E-state index in [1.54, 1.807) is 0 Å². The highest BCUT2D eigenvalue weighted by Crippen LogP contribution is 2.36. The summed E-state index contributed by atoms with van der Waals surface area (Å²) in [6, 6.07) is 12.8. The quantitative estimate of drug-likeness (QED) is 0.878. The summed E-state index contributed by atoms with van der Waals surface area (Å²) in [4.78, 5) is 8.98. The van der Waals surface area contributed by atoms with Crippen molar-refractivity contribution in [1.29, 1.82) is 0 Å². The number of pyridine rings is 1. The van der Waals surface area contributed by atoms with E-state index in [1.165, 1.54) is 17.5 Å². The van der Waals surface area contributed by atoms with E-state index < -0.39 is 6.10 Å². The van der Waals surface area contributed by atoms with Crippen LogP contribution in [0.25, 0.3) is 0 Å². The molecule has 1 fully saturated rings. The Bertz CT molecular complexity index is 659. The molecule has 1 N–H and O–H groups in total. The predicted molar refractivity (Wildman–Crippen MR) is 101 cm³/mol. The second-order valence-corrected chi connectivity index (χ2v) is 7.41. The van der Waals surface area contributed by atoms with E-state index in [-0.39, 0.29) is 0 Å². The zero-order chi connectivity index (χ0) is 17.8. The van der Waals surface area contributed by atoms with Gasteiger partial charge in [-0.2, -0.15) is 0 Å². The number of aliphatic hydroxyl groups is 1. The molecule has 4 nitrogen and oxygen atoms in total. The minimum atomic E-state index is -0.443. The van der Waals surface area contributed by atoms with Gasteiger partial charge in [-0.1, -0.05) is 35.9 Å². The van der Waals surface area contributed by atoms with Crippen molar-refractivity contribution < 1.29 is 5.11 Å². The van der Waals surface area contributed by atoms with Crippen LogP contribution in [-0.2, 0) is 0 Å². The van der Waals surface area contributed by atoms with Crippen molar-refractivity contribution in [2.75, 3.05) is 33.7 Å². The van der Waals surface area contributed by atoms with Crippen LogP contribution in [0.15, 0.2) is 48.8 Å². The molecule has 1 unspecified atom stereocenters. The zero-order valence-electron chi connectivity index (χ0n) is 15.5. The molecule has 134 valence electrons. The fourth-order valence-corrected chi connectivity index (χ4v) is 3.96. The third-order valence-electron chi connectivity index (χ3n) is 5.29. The van der Waals surface area contributed by atoms with Crippen molar-refractivity contribution in [2.24, 2.45) is 5.92 Å². The predicted octanol–water partition coefficient (Wildman–Crippen LogP) is 3.05. The Balaban J connectivity index is 1.61. The van der Waals surface area contributed by atoms with E-state index in [0.717, 1.165) is 18.7 Å². The van der Waals surface area contributed by atoms with E-state index in [4.69, 9.17) is 0 Å². The number of hydrogen-bond donors (Lipinski definition) is 1. The van der Waals surface area contributed by atoms with E-state index in [2.05, 4.69) is 54.0 Å². The fourth-order valence-electron chi connectivity index (χ4n) is 3.96. The Hall–Kier alpha value is -1.75. The summed E-state index contributed by atoms with van der Waals surface area (Å²) < 4.78 is 0. The van der Waals surface area contributed by atoms with Gasteiger partial charge in [-0.15, -0.1) is 0 Å². The molecule has 0 saturated carbocycles. The number of hydrogen-bond acceptors (Lipinski definition) is 4. The lowest BCUT2D eigenvalue weighted by molar-refractivity contribution is 0.113. The van der Waals surface area contributed by atoms with Gasteiger partial charge in [0.2, 0.25) is 0 Å². The van der Waals surface area contributed by atoms with Gasteiger partial charge in [0.1, 0.15) is 0 Å². The summed E-state index contributed by atoms with van der Waals surface area (Å²) in [5, 5.41) is 10.5. The highest BCUT2D eigenvalue weighted by Gasteiger charge is 2.33. The maximum atomic E-state index is 10.5. The van der Waals surface area contributed by atoms with E-state index in [1.807, 2.05) is 30.6 Å². The van der Waals surface area contributed by atoms with Gasteiger partial charge in [0.15, 0.2) is 0 Å². The molecule has 0 aliphatic carbocycles. The Morgan fingerprint density at radius 3 is 2.72 bits per heavy atom. The maximum Gasteiger partial charge on any atom is 0.0916 e. The minimum absolute atomic E-state index is 0.410. The topological polar surface area (TPSA) is 39.6 Å². The number of aryl methyl sites for hydroxylation is 1. The van der Waals surface area contributed by atoms with Gasteiger partial charge >= 0.3 is 0 Å². The standard InChI is InChI=1S/C21H29N3O/c1-16-6-8-17(9-7-16)20(25)15-23(2)14-19-10-12-24(3)21(19)18-5-4-11-22-13-18/h4-9,11,13,19-21,25H,10,12,14-15H2,1-3H3/t19-,20?,21-/m0/s1. The van der Waals surface area contributed by atoms with Crippen LogP contribution in [-0.4, -0.2) is 53.6 Å². The minimum Gasteiger partial charge on any atom is -0.387 e. The van der Waals surface area contributed by atoms with Crippen LogP contribution in [0.2, 0.25) is 0 Å².